The van der Waals surface area contributed by atoms with Crippen molar-refractivity contribution in [2.24, 2.45) is 0 Å². The van der Waals surface area contributed by atoms with Crippen LogP contribution in [0.3, 0.4) is 0 Å². The van der Waals surface area contributed by atoms with E-state index in [9.17, 15) is 9.90 Å². The van der Waals surface area contributed by atoms with E-state index >= 15 is 0 Å². The number of thioether (sulfide) groups is 1. The third-order valence-corrected chi connectivity index (χ3v) is 2.63. The van der Waals surface area contributed by atoms with Crippen molar-refractivity contribution in [1.29, 1.82) is 0 Å². The first-order chi connectivity index (χ1) is 7.20. The van der Waals surface area contributed by atoms with Crippen molar-refractivity contribution in [2.45, 2.75) is 32.3 Å². The summed E-state index contributed by atoms with van der Waals surface area (Å²) >= 11 is 1.77. The van der Waals surface area contributed by atoms with Crippen LogP contribution in [0.5, 0.6) is 0 Å². The molecular formula is C10H22N2O2S. The van der Waals surface area contributed by atoms with E-state index in [1.165, 1.54) is 0 Å². The standard InChI is InChI=1S/C10H22N2O2S/c1-3-5-9(13)8-12-10(14)11-6-4-7-15-2/h9,13H,3-8H2,1-2H3,(H2,11,12,14). The fraction of sp³-hybridized carbons (Fsp3) is 0.900. The summed E-state index contributed by atoms with van der Waals surface area (Å²) in [6, 6.07) is -0.189. The van der Waals surface area contributed by atoms with Gasteiger partial charge in [0.1, 0.15) is 0 Å². The maximum Gasteiger partial charge on any atom is 0.314 e. The van der Waals surface area contributed by atoms with Crippen LogP contribution in [0.2, 0.25) is 0 Å². The smallest absolute Gasteiger partial charge is 0.314 e. The summed E-state index contributed by atoms with van der Waals surface area (Å²) in [6.07, 6.45) is 4.25. The number of aliphatic hydroxyl groups is 1. The lowest BCUT2D eigenvalue weighted by Gasteiger charge is -2.11. The monoisotopic (exact) mass is 234 g/mol. The number of hydrogen-bond donors (Lipinski definition) is 3. The number of amides is 2. The molecule has 0 saturated carbocycles. The Morgan fingerprint density at radius 1 is 1.47 bits per heavy atom. The molecule has 0 saturated heterocycles. The van der Waals surface area contributed by atoms with E-state index in [1.54, 1.807) is 11.8 Å². The minimum atomic E-state index is -0.424. The summed E-state index contributed by atoms with van der Waals surface area (Å²) in [6.45, 7) is 3.03. The Balaban J connectivity index is 3.32. The molecule has 0 aromatic rings. The van der Waals surface area contributed by atoms with Crippen LogP contribution in [0.1, 0.15) is 26.2 Å². The van der Waals surface area contributed by atoms with Gasteiger partial charge in [0.15, 0.2) is 0 Å². The molecular weight excluding hydrogens is 212 g/mol. The van der Waals surface area contributed by atoms with E-state index in [1.807, 2.05) is 13.2 Å². The van der Waals surface area contributed by atoms with Crippen LogP contribution in [-0.2, 0) is 0 Å². The van der Waals surface area contributed by atoms with E-state index in [2.05, 4.69) is 10.6 Å². The number of aliphatic hydroxyl groups excluding tert-OH is 1. The Kier molecular flexibility index (Phi) is 9.83. The molecule has 4 nitrogen and oxygen atoms in total. The lowest BCUT2D eigenvalue weighted by atomic mass is 10.2. The maximum absolute atomic E-state index is 11.2. The Labute approximate surface area is 96.2 Å². The van der Waals surface area contributed by atoms with Crippen LogP contribution >= 0.6 is 11.8 Å². The van der Waals surface area contributed by atoms with Gasteiger partial charge in [0.05, 0.1) is 6.10 Å². The first-order valence-corrected chi connectivity index (χ1v) is 6.78. The van der Waals surface area contributed by atoms with Crippen molar-refractivity contribution in [3.05, 3.63) is 0 Å². The number of nitrogens with one attached hydrogen (secondary N) is 2. The van der Waals surface area contributed by atoms with E-state index in [0.29, 0.717) is 13.1 Å². The quantitative estimate of drug-likeness (QED) is 0.553. The summed E-state index contributed by atoms with van der Waals surface area (Å²) in [5.74, 6) is 1.05. The minimum absolute atomic E-state index is 0.189. The van der Waals surface area contributed by atoms with E-state index in [4.69, 9.17) is 0 Å². The van der Waals surface area contributed by atoms with Gasteiger partial charge in [0.2, 0.25) is 0 Å². The SMILES string of the molecule is CCCC(O)CNC(=O)NCCCSC. The highest BCUT2D eigenvalue weighted by molar-refractivity contribution is 7.98. The average molecular weight is 234 g/mol. The van der Waals surface area contributed by atoms with Gasteiger partial charge < -0.3 is 15.7 Å². The molecule has 1 unspecified atom stereocenters. The first-order valence-electron chi connectivity index (χ1n) is 5.39. The zero-order valence-electron chi connectivity index (χ0n) is 9.58. The zero-order valence-corrected chi connectivity index (χ0v) is 10.4. The first kappa shape index (κ1) is 14.6. The predicted octanol–water partition coefficient (Wildman–Crippen LogP) is 1.20. The highest BCUT2D eigenvalue weighted by atomic mass is 32.2. The van der Waals surface area contributed by atoms with Crippen molar-refractivity contribution in [3.63, 3.8) is 0 Å². The van der Waals surface area contributed by atoms with Crippen LogP contribution in [0.4, 0.5) is 4.79 Å². The second kappa shape index (κ2) is 10.1. The lowest BCUT2D eigenvalue weighted by molar-refractivity contribution is 0.160. The van der Waals surface area contributed by atoms with Crippen molar-refractivity contribution in [1.82, 2.24) is 10.6 Å². The molecule has 90 valence electrons. The largest absolute Gasteiger partial charge is 0.391 e. The predicted molar refractivity (Wildman–Crippen MR) is 65.3 cm³/mol. The molecule has 3 N–H and O–H groups in total. The zero-order chi connectivity index (χ0) is 11.5. The molecule has 0 aliphatic heterocycles. The highest BCUT2D eigenvalue weighted by Gasteiger charge is 2.04. The van der Waals surface area contributed by atoms with Gasteiger partial charge in [-0.25, -0.2) is 4.79 Å². The second-order valence-corrected chi connectivity index (χ2v) is 4.41. The Morgan fingerprint density at radius 3 is 2.80 bits per heavy atom. The van der Waals surface area contributed by atoms with Gasteiger partial charge in [-0.15, -0.1) is 0 Å². The molecule has 0 radical (unpaired) electrons. The van der Waals surface area contributed by atoms with E-state index < -0.39 is 6.10 Å². The number of carbonyl (C=O) groups is 1. The van der Waals surface area contributed by atoms with Gasteiger partial charge in [-0.2, -0.15) is 11.8 Å². The fourth-order valence-electron chi connectivity index (χ4n) is 1.13. The second-order valence-electron chi connectivity index (χ2n) is 3.43. The van der Waals surface area contributed by atoms with Crippen LogP contribution in [0.25, 0.3) is 0 Å². The van der Waals surface area contributed by atoms with Gasteiger partial charge in [0, 0.05) is 13.1 Å². The number of urea groups is 1. The number of carbonyl (C=O) groups excluding carboxylic acids is 1. The number of rotatable bonds is 8. The Bertz CT molecular complexity index is 168. The van der Waals surface area contributed by atoms with Gasteiger partial charge >= 0.3 is 6.03 Å². The topological polar surface area (TPSA) is 61.4 Å². The molecule has 0 aromatic heterocycles. The average Bonchev–Trinajstić information content (AvgIpc) is 2.22. The van der Waals surface area contributed by atoms with Crippen LogP contribution in [0.15, 0.2) is 0 Å². The highest BCUT2D eigenvalue weighted by Crippen LogP contribution is 1.94. The molecule has 0 fully saturated rings. The van der Waals surface area contributed by atoms with Crippen molar-refractivity contribution < 1.29 is 9.90 Å². The van der Waals surface area contributed by atoms with Crippen molar-refractivity contribution >= 4 is 17.8 Å². The molecule has 0 rings (SSSR count). The summed E-state index contributed by atoms with van der Waals surface area (Å²) in [4.78, 5) is 11.2. The molecule has 0 aromatic carbocycles. The fourth-order valence-corrected chi connectivity index (χ4v) is 1.56. The maximum atomic E-state index is 11.2. The van der Waals surface area contributed by atoms with Gasteiger partial charge in [0.25, 0.3) is 0 Å². The summed E-state index contributed by atoms with van der Waals surface area (Å²) < 4.78 is 0. The van der Waals surface area contributed by atoms with Crippen LogP contribution in [0, 0.1) is 0 Å². The minimum Gasteiger partial charge on any atom is -0.391 e. The van der Waals surface area contributed by atoms with E-state index in [-0.39, 0.29) is 6.03 Å². The van der Waals surface area contributed by atoms with Gasteiger partial charge in [-0.1, -0.05) is 13.3 Å². The summed E-state index contributed by atoms with van der Waals surface area (Å²) in [7, 11) is 0. The molecule has 0 heterocycles. The van der Waals surface area contributed by atoms with Crippen LogP contribution in [-0.4, -0.2) is 42.3 Å². The lowest BCUT2D eigenvalue weighted by Crippen LogP contribution is -2.40. The molecule has 0 aliphatic carbocycles. The van der Waals surface area contributed by atoms with Crippen LogP contribution < -0.4 is 10.6 Å². The third kappa shape index (κ3) is 9.87. The molecule has 5 heteroatoms. The van der Waals surface area contributed by atoms with E-state index in [0.717, 1.165) is 25.0 Å². The molecule has 0 bridgehead atoms. The number of hydrogen-bond acceptors (Lipinski definition) is 3. The molecule has 0 aliphatic rings. The van der Waals surface area contributed by atoms with Gasteiger partial charge in [-0.05, 0) is 24.9 Å². The molecule has 0 spiro atoms. The molecule has 15 heavy (non-hydrogen) atoms. The summed E-state index contributed by atoms with van der Waals surface area (Å²) in [5, 5.41) is 14.7. The molecule has 2 amide bonds. The molecule has 1 atom stereocenters. The third-order valence-electron chi connectivity index (χ3n) is 1.93. The van der Waals surface area contributed by atoms with Gasteiger partial charge in [-0.3, -0.25) is 0 Å². The summed E-state index contributed by atoms with van der Waals surface area (Å²) in [5.41, 5.74) is 0. The Hall–Kier alpha value is -0.420. The normalized spacial score (nSPS) is 12.2. The van der Waals surface area contributed by atoms with Crippen molar-refractivity contribution in [3.8, 4) is 0 Å². The van der Waals surface area contributed by atoms with Crippen molar-refractivity contribution in [2.75, 3.05) is 25.1 Å². The Morgan fingerprint density at radius 2 is 2.20 bits per heavy atom.